The maximum Gasteiger partial charge on any atom is 0.252 e. The lowest BCUT2D eigenvalue weighted by atomic mass is 10.1. The van der Waals surface area contributed by atoms with Crippen molar-refractivity contribution in [2.75, 3.05) is 0 Å². The summed E-state index contributed by atoms with van der Waals surface area (Å²) >= 11 is 10.2. The van der Waals surface area contributed by atoms with E-state index in [-0.39, 0.29) is 11.9 Å². The quantitative estimate of drug-likeness (QED) is 0.807. The minimum atomic E-state index is -0.107. The Bertz CT molecular complexity index is 642. The van der Waals surface area contributed by atoms with Crippen molar-refractivity contribution in [3.05, 3.63) is 64.2 Å². The van der Waals surface area contributed by atoms with Crippen LogP contribution in [0.25, 0.3) is 0 Å². The molecule has 0 fully saturated rings. The second-order valence-electron chi connectivity index (χ2n) is 4.75. The zero-order valence-electron chi connectivity index (χ0n) is 11.4. The van der Waals surface area contributed by atoms with Gasteiger partial charge >= 0.3 is 0 Å². The number of carbonyl (C=O) groups is 1. The van der Waals surface area contributed by atoms with Gasteiger partial charge in [0.1, 0.15) is 0 Å². The van der Waals surface area contributed by atoms with Crippen molar-refractivity contribution in [2.24, 2.45) is 0 Å². The summed E-state index contributed by atoms with van der Waals surface area (Å²) in [4.78, 5) is 13.1. The number of halogens is 1. The highest BCUT2D eigenvalue weighted by Gasteiger charge is 2.13. The van der Waals surface area contributed by atoms with E-state index in [9.17, 15) is 4.79 Å². The van der Waals surface area contributed by atoms with Gasteiger partial charge in [0.2, 0.25) is 0 Å². The van der Waals surface area contributed by atoms with Crippen LogP contribution in [0.15, 0.2) is 47.4 Å². The SMILES string of the molecule is Cc1ccc(S)cc1C(=O)NC(C)c1cccc(Cl)c1. The monoisotopic (exact) mass is 305 g/mol. The Morgan fingerprint density at radius 2 is 2.00 bits per heavy atom. The summed E-state index contributed by atoms with van der Waals surface area (Å²) < 4.78 is 0. The number of hydrogen-bond acceptors (Lipinski definition) is 2. The molecule has 0 saturated heterocycles. The van der Waals surface area contributed by atoms with Gasteiger partial charge in [-0.05, 0) is 49.2 Å². The smallest absolute Gasteiger partial charge is 0.252 e. The molecule has 104 valence electrons. The zero-order valence-corrected chi connectivity index (χ0v) is 13.0. The number of nitrogens with one attached hydrogen (secondary N) is 1. The molecule has 2 rings (SSSR count). The summed E-state index contributed by atoms with van der Waals surface area (Å²) in [6.07, 6.45) is 0. The Kier molecular flexibility index (Phi) is 4.73. The lowest BCUT2D eigenvalue weighted by Gasteiger charge is -2.16. The standard InChI is InChI=1S/C16H16ClNOS/c1-10-6-7-14(20)9-15(10)16(19)18-11(2)12-4-3-5-13(17)8-12/h3-9,11,20H,1-2H3,(H,18,19). The van der Waals surface area contributed by atoms with Crippen LogP contribution in [0.1, 0.15) is 34.5 Å². The van der Waals surface area contributed by atoms with Crippen molar-refractivity contribution in [2.45, 2.75) is 24.8 Å². The molecule has 1 amide bonds. The van der Waals surface area contributed by atoms with E-state index in [1.165, 1.54) is 0 Å². The largest absolute Gasteiger partial charge is 0.346 e. The summed E-state index contributed by atoms with van der Waals surface area (Å²) in [5.74, 6) is -0.106. The molecule has 1 N–H and O–H groups in total. The van der Waals surface area contributed by atoms with E-state index in [1.54, 1.807) is 6.07 Å². The summed E-state index contributed by atoms with van der Waals surface area (Å²) in [5.41, 5.74) is 2.55. The number of carbonyl (C=O) groups excluding carboxylic acids is 1. The van der Waals surface area contributed by atoms with Gasteiger partial charge in [0.05, 0.1) is 6.04 Å². The Balaban J connectivity index is 2.17. The van der Waals surface area contributed by atoms with E-state index in [1.807, 2.05) is 50.2 Å². The van der Waals surface area contributed by atoms with Crippen molar-refractivity contribution in [3.63, 3.8) is 0 Å². The molecule has 0 heterocycles. The first-order valence-corrected chi connectivity index (χ1v) is 7.16. The van der Waals surface area contributed by atoms with Gasteiger partial charge in [-0.1, -0.05) is 29.8 Å². The molecule has 0 bridgehead atoms. The van der Waals surface area contributed by atoms with E-state index in [0.29, 0.717) is 10.6 Å². The van der Waals surface area contributed by atoms with Crippen LogP contribution >= 0.6 is 24.2 Å². The fourth-order valence-electron chi connectivity index (χ4n) is 1.99. The molecule has 2 nitrogen and oxygen atoms in total. The fourth-order valence-corrected chi connectivity index (χ4v) is 2.39. The van der Waals surface area contributed by atoms with E-state index in [4.69, 9.17) is 11.6 Å². The molecule has 2 aromatic rings. The molecular formula is C16H16ClNOS. The van der Waals surface area contributed by atoms with Gasteiger partial charge in [0.25, 0.3) is 5.91 Å². The minimum Gasteiger partial charge on any atom is -0.346 e. The van der Waals surface area contributed by atoms with Crippen LogP contribution in [0.4, 0.5) is 0 Å². The molecule has 0 saturated carbocycles. The van der Waals surface area contributed by atoms with Crippen molar-refractivity contribution < 1.29 is 4.79 Å². The zero-order chi connectivity index (χ0) is 14.7. The summed E-state index contributed by atoms with van der Waals surface area (Å²) in [5, 5.41) is 3.64. The third-order valence-electron chi connectivity index (χ3n) is 3.16. The highest BCUT2D eigenvalue weighted by Crippen LogP contribution is 2.19. The van der Waals surface area contributed by atoms with E-state index in [2.05, 4.69) is 17.9 Å². The number of benzene rings is 2. The van der Waals surface area contributed by atoms with Crippen LogP contribution in [-0.4, -0.2) is 5.91 Å². The number of hydrogen-bond donors (Lipinski definition) is 2. The second kappa shape index (κ2) is 6.33. The number of aryl methyl sites for hydroxylation is 1. The average Bonchev–Trinajstić information content (AvgIpc) is 2.41. The first-order valence-electron chi connectivity index (χ1n) is 6.33. The molecule has 0 aliphatic carbocycles. The van der Waals surface area contributed by atoms with Crippen LogP contribution in [-0.2, 0) is 0 Å². The van der Waals surface area contributed by atoms with Crippen LogP contribution in [0.2, 0.25) is 5.02 Å². The molecule has 0 aliphatic rings. The van der Waals surface area contributed by atoms with Gasteiger partial charge in [-0.15, -0.1) is 12.6 Å². The van der Waals surface area contributed by atoms with Gasteiger partial charge in [-0.2, -0.15) is 0 Å². The van der Waals surface area contributed by atoms with Crippen molar-refractivity contribution in [1.29, 1.82) is 0 Å². The van der Waals surface area contributed by atoms with E-state index >= 15 is 0 Å². The van der Waals surface area contributed by atoms with Gasteiger partial charge in [0.15, 0.2) is 0 Å². The van der Waals surface area contributed by atoms with Gasteiger partial charge < -0.3 is 5.32 Å². The average molecular weight is 306 g/mol. The molecule has 4 heteroatoms. The maximum absolute atomic E-state index is 12.3. The molecule has 0 spiro atoms. The number of amides is 1. The number of rotatable bonds is 3. The Hall–Kier alpha value is -1.45. The Morgan fingerprint density at radius 1 is 1.25 bits per heavy atom. The van der Waals surface area contributed by atoms with E-state index in [0.717, 1.165) is 16.0 Å². The maximum atomic E-state index is 12.3. The third-order valence-corrected chi connectivity index (χ3v) is 3.68. The van der Waals surface area contributed by atoms with Crippen LogP contribution in [0.5, 0.6) is 0 Å². The molecule has 1 atom stereocenters. The lowest BCUT2D eigenvalue weighted by Crippen LogP contribution is -2.27. The normalized spacial score (nSPS) is 12.0. The second-order valence-corrected chi connectivity index (χ2v) is 5.70. The Morgan fingerprint density at radius 3 is 2.70 bits per heavy atom. The van der Waals surface area contributed by atoms with Crippen LogP contribution in [0.3, 0.4) is 0 Å². The van der Waals surface area contributed by atoms with Crippen molar-refractivity contribution >= 4 is 30.1 Å². The predicted octanol–water partition coefficient (Wildman–Crippen LogP) is 4.43. The van der Waals surface area contributed by atoms with Crippen molar-refractivity contribution in [3.8, 4) is 0 Å². The highest BCUT2D eigenvalue weighted by atomic mass is 35.5. The summed E-state index contributed by atoms with van der Waals surface area (Å²) in [6.45, 7) is 3.84. The molecule has 20 heavy (non-hydrogen) atoms. The topological polar surface area (TPSA) is 29.1 Å². The lowest BCUT2D eigenvalue weighted by molar-refractivity contribution is 0.0939. The van der Waals surface area contributed by atoms with Crippen LogP contribution in [0, 0.1) is 6.92 Å². The molecular weight excluding hydrogens is 290 g/mol. The molecule has 0 aliphatic heterocycles. The van der Waals surface area contributed by atoms with Gasteiger partial charge in [-0.3, -0.25) is 4.79 Å². The third kappa shape index (κ3) is 3.56. The predicted molar refractivity (Wildman–Crippen MR) is 85.8 cm³/mol. The summed E-state index contributed by atoms with van der Waals surface area (Å²) in [7, 11) is 0. The molecule has 1 unspecified atom stereocenters. The number of thiol groups is 1. The van der Waals surface area contributed by atoms with Crippen LogP contribution < -0.4 is 5.32 Å². The minimum absolute atomic E-state index is 0.106. The summed E-state index contributed by atoms with van der Waals surface area (Å²) in [6, 6.07) is 12.9. The molecule has 2 aromatic carbocycles. The first kappa shape index (κ1) is 14.9. The molecule has 0 radical (unpaired) electrons. The fraction of sp³-hybridized carbons (Fsp3) is 0.188. The van der Waals surface area contributed by atoms with Gasteiger partial charge in [0, 0.05) is 15.5 Å². The molecule has 0 aromatic heterocycles. The van der Waals surface area contributed by atoms with Crippen molar-refractivity contribution in [1.82, 2.24) is 5.32 Å². The van der Waals surface area contributed by atoms with E-state index < -0.39 is 0 Å². The van der Waals surface area contributed by atoms with Gasteiger partial charge in [-0.25, -0.2) is 0 Å². The first-order chi connectivity index (χ1) is 9.47. The Labute approximate surface area is 129 Å². The highest BCUT2D eigenvalue weighted by molar-refractivity contribution is 7.80.